The van der Waals surface area contributed by atoms with Gasteiger partial charge in [0, 0.05) is 28.8 Å². The number of nitrogens with zero attached hydrogens (tertiary/aromatic N) is 4. The topological polar surface area (TPSA) is 191 Å². The SMILES string of the molecule is COC(=O)CO/N=C(/C(=O)NC1C(=O)N2C(C(=O)O)=C(C[n+]3ccc4ccsc4c3)CS[C@H]12)c1cc(N)on1. The lowest BCUT2D eigenvalue weighted by Gasteiger charge is -2.49. The number of hydrogen-bond donors (Lipinski definition) is 3. The monoisotopic (exact) mass is 573 g/mol. The number of carbonyl (C=O) groups is 4. The van der Waals surface area contributed by atoms with E-state index in [0.29, 0.717) is 11.3 Å². The Morgan fingerprint density at radius 2 is 2.21 bits per heavy atom. The predicted octanol–water partition coefficient (Wildman–Crippen LogP) is 0.0915. The summed E-state index contributed by atoms with van der Waals surface area (Å²) in [5.41, 5.74) is 5.51. The summed E-state index contributed by atoms with van der Waals surface area (Å²) in [6.07, 6.45) is 3.79. The molecule has 14 nitrogen and oxygen atoms in total. The minimum absolute atomic E-state index is 0.0945. The van der Waals surface area contributed by atoms with Gasteiger partial charge in [-0.05, 0) is 11.4 Å². The van der Waals surface area contributed by atoms with Crippen molar-refractivity contribution < 1.29 is 42.9 Å². The number of fused-ring (bicyclic) bond motifs is 2. The molecule has 0 saturated carbocycles. The molecule has 1 fully saturated rings. The molecule has 0 radical (unpaired) electrons. The molecule has 202 valence electrons. The number of amides is 2. The van der Waals surface area contributed by atoms with Crippen LogP contribution in [-0.4, -0.2) is 75.5 Å². The third-order valence-corrected chi connectivity index (χ3v) is 8.12. The highest BCUT2D eigenvalue weighted by molar-refractivity contribution is 8.00. The van der Waals surface area contributed by atoms with E-state index in [4.69, 9.17) is 15.1 Å². The summed E-state index contributed by atoms with van der Waals surface area (Å²) in [5, 5.41) is 22.2. The van der Waals surface area contributed by atoms with Crippen molar-refractivity contribution >= 4 is 68.5 Å². The number of esters is 1. The number of anilines is 1. The van der Waals surface area contributed by atoms with Crippen LogP contribution in [0, 0.1) is 0 Å². The number of thioether (sulfide) groups is 1. The number of nitrogens with two attached hydrogens (primary N) is 1. The molecule has 1 saturated heterocycles. The van der Waals surface area contributed by atoms with E-state index in [9.17, 15) is 24.3 Å². The number of carboxylic acids is 1. The van der Waals surface area contributed by atoms with E-state index in [-0.39, 0.29) is 23.8 Å². The van der Waals surface area contributed by atoms with E-state index in [2.05, 4.69) is 20.4 Å². The van der Waals surface area contributed by atoms with Crippen molar-refractivity contribution in [3.63, 3.8) is 0 Å². The van der Waals surface area contributed by atoms with Gasteiger partial charge in [0.25, 0.3) is 11.8 Å². The van der Waals surface area contributed by atoms with Crippen LogP contribution in [0.4, 0.5) is 5.88 Å². The molecule has 16 heteroatoms. The summed E-state index contributed by atoms with van der Waals surface area (Å²) >= 11 is 2.91. The largest absolute Gasteiger partial charge is 0.477 e. The maximum Gasteiger partial charge on any atom is 0.352 e. The Hall–Kier alpha value is -4.44. The molecule has 3 aromatic heterocycles. The minimum atomic E-state index is -1.23. The van der Waals surface area contributed by atoms with Crippen LogP contribution in [0.15, 0.2) is 56.9 Å². The highest BCUT2D eigenvalue weighted by Crippen LogP contribution is 2.40. The fraction of sp³-hybridized carbons (Fsp3) is 0.261. The Morgan fingerprint density at radius 3 is 2.92 bits per heavy atom. The molecule has 3 aromatic rings. The Bertz CT molecular complexity index is 1550. The van der Waals surface area contributed by atoms with Crippen LogP contribution in [0.1, 0.15) is 5.69 Å². The summed E-state index contributed by atoms with van der Waals surface area (Å²) in [4.78, 5) is 55.8. The van der Waals surface area contributed by atoms with Gasteiger partial charge in [0.2, 0.25) is 12.5 Å². The number of carboxylic acid groups (broad SMARTS) is 1. The van der Waals surface area contributed by atoms with Crippen molar-refractivity contribution in [2.45, 2.75) is 18.0 Å². The Kier molecular flexibility index (Phi) is 7.21. The number of thiophene rings is 1. The van der Waals surface area contributed by atoms with Gasteiger partial charge in [-0.15, -0.1) is 23.1 Å². The lowest BCUT2D eigenvalue weighted by molar-refractivity contribution is -0.687. The summed E-state index contributed by atoms with van der Waals surface area (Å²) in [6.45, 7) is -0.292. The van der Waals surface area contributed by atoms with E-state index in [1.165, 1.54) is 22.7 Å². The lowest BCUT2D eigenvalue weighted by Crippen LogP contribution is -2.71. The van der Waals surface area contributed by atoms with Crippen LogP contribution in [-0.2, 0) is 35.3 Å². The number of rotatable bonds is 9. The summed E-state index contributed by atoms with van der Waals surface area (Å²) in [7, 11) is 1.16. The molecule has 2 atom stereocenters. The molecule has 2 aliphatic heterocycles. The molecule has 2 amide bonds. The molecule has 0 spiro atoms. The number of hydrogen-bond acceptors (Lipinski definition) is 12. The van der Waals surface area contributed by atoms with Crippen molar-refractivity contribution in [1.29, 1.82) is 0 Å². The van der Waals surface area contributed by atoms with Crippen molar-refractivity contribution in [1.82, 2.24) is 15.4 Å². The Balaban J connectivity index is 1.33. The van der Waals surface area contributed by atoms with Gasteiger partial charge in [-0.2, -0.15) is 4.57 Å². The summed E-state index contributed by atoms with van der Waals surface area (Å²) in [6, 6.07) is 4.12. The number of carbonyl (C=O) groups excluding carboxylic acids is 3. The zero-order valence-electron chi connectivity index (χ0n) is 20.2. The molecule has 4 N–H and O–H groups in total. The van der Waals surface area contributed by atoms with Gasteiger partial charge < -0.3 is 30.3 Å². The highest BCUT2D eigenvalue weighted by Gasteiger charge is 2.54. The number of aromatic nitrogens is 2. The molecule has 1 unspecified atom stereocenters. The van der Waals surface area contributed by atoms with Crippen LogP contribution < -0.4 is 15.6 Å². The first-order valence-corrected chi connectivity index (χ1v) is 13.3. The van der Waals surface area contributed by atoms with E-state index >= 15 is 0 Å². The maximum atomic E-state index is 13.1. The molecule has 0 bridgehead atoms. The van der Waals surface area contributed by atoms with Gasteiger partial charge in [-0.25, -0.2) is 9.59 Å². The average molecular weight is 574 g/mol. The van der Waals surface area contributed by atoms with Gasteiger partial charge in [0.1, 0.15) is 22.8 Å². The minimum Gasteiger partial charge on any atom is -0.477 e. The first-order valence-electron chi connectivity index (χ1n) is 11.3. The Labute approximate surface area is 228 Å². The third kappa shape index (κ3) is 5.15. The number of nitrogen functional groups attached to an aromatic ring is 1. The smallest absolute Gasteiger partial charge is 0.352 e. The van der Waals surface area contributed by atoms with Crippen LogP contribution >= 0.6 is 23.1 Å². The molecule has 5 heterocycles. The second-order valence-electron chi connectivity index (χ2n) is 8.38. The zero-order valence-corrected chi connectivity index (χ0v) is 21.9. The number of pyridine rings is 1. The quantitative estimate of drug-likeness (QED) is 0.103. The van der Waals surface area contributed by atoms with Gasteiger partial charge in [-0.1, -0.05) is 10.3 Å². The number of methoxy groups -OCH3 is 1. The molecular formula is C23H21N6O8S2+. The second kappa shape index (κ2) is 10.7. The predicted molar refractivity (Wildman–Crippen MR) is 137 cm³/mol. The maximum absolute atomic E-state index is 13.1. The standard InChI is InChI=1S/C23H20N6O8S2/c1-35-16(30)9-36-27-17(13-6-15(24)37-26-13)20(31)25-18-21(32)29-19(23(33)34)12(10-39-22(18)29)7-28-4-2-11-3-5-38-14(11)8-28/h2-6,8,18,22H,7,9-10H2,1H3,(H3-,24,25,26,31,33,34)/p+1/b27-17+/t18?,22-/m1/s1. The highest BCUT2D eigenvalue weighted by atomic mass is 32.2. The summed E-state index contributed by atoms with van der Waals surface area (Å²) < 4.78 is 12.2. The molecule has 5 rings (SSSR count). The molecular weight excluding hydrogens is 552 g/mol. The van der Waals surface area contributed by atoms with Crippen LogP contribution in [0.5, 0.6) is 0 Å². The van der Waals surface area contributed by atoms with Gasteiger partial charge in [0.15, 0.2) is 24.7 Å². The van der Waals surface area contributed by atoms with Gasteiger partial charge >= 0.3 is 11.9 Å². The molecule has 0 aliphatic carbocycles. The Morgan fingerprint density at radius 1 is 1.38 bits per heavy atom. The third-order valence-electron chi connectivity index (χ3n) is 5.92. The first kappa shape index (κ1) is 26.2. The summed E-state index contributed by atoms with van der Waals surface area (Å²) in [5.74, 6) is -3.20. The van der Waals surface area contributed by atoms with Crippen molar-refractivity contribution in [3.05, 3.63) is 52.9 Å². The zero-order chi connectivity index (χ0) is 27.7. The van der Waals surface area contributed by atoms with E-state index in [0.717, 1.165) is 17.2 Å². The van der Waals surface area contributed by atoms with Crippen LogP contribution in [0.3, 0.4) is 0 Å². The number of ether oxygens (including phenoxy) is 1. The number of β-lactam (4-membered cyclic amide) rings is 1. The molecule has 39 heavy (non-hydrogen) atoms. The second-order valence-corrected chi connectivity index (χ2v) is 10.4. The van der Waals surface area contributed by atoms with Gasteiger partial charge in [0.05, 0.1) is 11.8 Å². The van der Waals surface area contributed by atoms with E-state index in [1.54, 1.807) is 11.3 Å². The number of nitrogens with one attached hydrogen (secondary N) is 1. The fourth-order valence-corrected chi connectivity index (χ4v) is 6.26. The van der Waals surface area contributed by atoms with Crippen molar-refractivity contribution in [2.75, 3.05) is 25.2 Å². The fourth-order valence-electron chi connectivity index (χ4n) is 4.09. The van der Waals surface area contributed by atoms with E-state index in [1.807, 2.05) is 34.5 Å². The lowest BCUT2D eigenvalue weighted by atomic mass is 10.0. The molecule has 2 aliphatic rings. The van der Waals surface area contributed by atoms with Crippen LogP contribution in [0.25, 0.3) is 10.1 Å². The number of oxime groups is 1. The number of aliphatic carboxylic acids is 1. The van der Waals surface area contributed by atoms with Gasteiger partial charge in [-0.3, -0.25) is 14.5 Å². The van der Waals surface area contributed by atoms with E-state index < -0.39 is 47.5 Å². The first-order chi connectivity index (χ1) is 18.8. The van der Waals surface area contributed by atoms with Crippen LogP contribution in [0.2, 0.25) is 0 Å². The normalized spacial score (nSPS) is 18.9. The van der Waals surface area contributed by atoms with Crippen molar-refractivity contribution in [3.8, 4) is 0 Å². The van der Waals surface area contributed by atoms with Crippen molar-refractivity contribution in [2.24, 2.45) is 5.16 Å². The average Bonchev–Trinajstić information content (AvgIpc) is 3.57. The molecule has 0 aromatic carbocycles.